The number of rotatable bonds is 8. The number of carbonyl (C=O) groups is 1. The predicted octanol–water partition coefficient (Wildman–Crippen LogP) is 2.97. The Kier molecular flexibility index (Phi) is 7.98. The molecule has 12 nitrogen and oxygen atoms in total. The Hall–Kier alpha value is -4.01. The van der Waals surface area contributed by atoms with Crippen molar-refractivity contribution >= 4 is 44.2 Å². The summed E-state index contributed by atoms with van der Waals surface area (Å²) in [5.74, 6) is -0.604. The molecule has 1 saturated heterocycles. The number of nitrogens with one attached hydrogen (secondary N) is 3. The summed E-state index contributed by atoms with van der Waals surface area (Å²) in [4.78, 5) is 38.1. The third-order valence-electron chi connectivity index (χ3n) is 7.21. The molecule has 1 aliphatic heterocycles. The average Bonchev–Trinajstić information content (AvgIpc) is 3.37. The van der Waals surface area contributed by atoms with Crippen molar-refractivity contribution in [2.75, 3.05) is 50.1 Å². The maximum absolute atomic E-state index is 14.9. The molecule has 0 aliphatic carbocycles. The molecule has 4 aromatic rings. The fourth-order valence-corrected chi connectivity index (χ4v) is 5.71. The van der Waals surface area contributed by atoms with Crippen LogP contribution in [0.15, 0.2) is 41.8 Å². The van der Waals surface area contributed by atoms with Crippen molar-refractivity contribution in [3.63, 3.8) is 0 Å². The minimum atomic E-state index is -3.76. The molecule has 0 spiro atoms. The molecule has 41 heavy (non-hydrogen) atoms. The first-order chi connectivity index (χ1) is 19.6. The van der Waals surface area contributed by atoms with Gasteiger partial charge in [-0.15, -0.1) is 0 Å². The molecule has 3 aromatic heterocycles. The molecule has 216 valence electrons. The summed E-state index contributed by atoms with van der Waals surface area (Å²) in [7, 11) is -1.69. The number of H-pyrrole nitrogens is 1. The zero-order chi connectivity index (χ0) is 29.3. The van der Waals surface area contributed by atoms with Gasteiger partial charge >= 0.3 is 0 Å². The van der Waals surface area contributed by atoms with Crippen LogP contribution in [-0.2, 0) is 14.6 Å². The van der Waals surface area contributed by atoms with Gasteiger partial charge in [0.1, 0.15) is 22.3 Å². The monoisotopic (exact) mass is 581 g/mol. The Bertz CT molecular complexity index is 1700. The maximum atomic E-state index is 14.9. The first-order valence-electron chi connectivity index (χ1n) is 13.2. The Balaban J connectivity index is 1.43. The Labute approximate surface area is 237 Å². The van der Waals surface area contributed by atoms with Gasteiger partial charge in [-0.25, -0.2) is 32.7 Å². The lowest BCUT2D eigenvalue weighted by molar-refractivity contribution is -0.122. The molecule has 1 fully saturated rings. The van der Waals surface area contributed by atoms with Crippen LogP contribution in [0.2, 0.25) is 0 Å². The van der Waals surface area contributed by atoms with E-state index in [1.54, 1.807) is 12.4 Å². The molecular weight excluding hydrogens is 549 g/mol. The van der Waals surface area contributed by atoms with Crippen molar-refractivity contribution < 1.29 is 17.6 Å². The van der Waals surface area contributed by atoms with Gasteiger partial charge in [0.15, 0.2) is 21.5 Å². The summed E-state index contributed by atoms with van der Waals surface area (Å²) in [5.41, 5.74) is 2.90. The Morgan fingerprint density at radius 1 is 1.17 bits per heavy atom. The van der Waals surface area contributed by atoms with Gasteiger partial charge in [0, 0.05) is 50.4 Å². The molecule has 1 aliphatic rings. The number of aromatic nitrogens is 5. The van der Waals surface area contributed by atoms with Crippen LogP contribution in [0.5, 0.6) is 0 Å². The number of nitrogens with zero attached hydrogens (tertiary/aromatic N) is 6. The number of piperazine rings is 1. The van der Waals surface area contributed by atoms with Crippen molar-refractivity contribution in [3.05, 3.63) is 48.3 Å². The second-order valence-corrected chi connectivity index (χ2v) is 12.1. The van der Waals surface area contributed by atoms with Crippen LogP contribution in [0.3, 0.4) is 0 Å². The highest BCUT2D eigenvalue weighted by Crippen LogP contribution is 2.32. The number of anilines is 3. The average molecular weight is 582 g/mol. The van der Waals surface area contributed by atoms with E-state index >= 15 is 0 Å². The van der Waals surface area contributed by atoms with Gasteiger partial charge in [-0.05, 0) is 38.1 Å². The van der Waals surface area contributed by atoms with Gasteiger partial charge in [0.2, 0.25) is 11.9 Å². The second-order valence-electron chi connectivity index (χ2n) is 10.1. The van der Waals surface area contributed by atoms with Crippen LogP contribution in [0.1, 0.15) is 18.9 Å². The summed E-state index contributed by atoms with van der Waals surface area (Å²) in [5, 5.41) is 5.76. The molecule has 14 heteroatoms. The molecule has 1 amide bonds. The van der Waals surface area contributed by atoms with E-state index in [1.165, 1.54) is 24.5 Å². The Morgan fingerprint density at radius 2 is 1.93 bits per heavy atom. The first kappa shape index (κ1) is 28.5. The van der Waals surface area contributed by atoms with Gasteiger partial charge in [0.25, 0.3) is 0 Å². The van der Waals surface area contributed by atoms with Gasteiger partial charge in [-0.2, -0.15) is 0 Å². The molecule has 5 rings (SSSR count). The standard InChI is InChI=1S/C27H32FN9O3S/c1-5-19(37-11-9-36(3)10-12-37)26(38)35-25-24-23(31-15-32-25)17(14-29-24)22-16(2)13-30-27(34-22)33-18-7-6-8-20(21(18)28)41(4,39)40/h6-8,13-15,19,29H,5,9-12H2,1-4H3,(H,30,33,34)(H,31,32,35,38). The highest BCUT2D eigenvalue weighted by atomic mass is 32.2. The molecule has 0 saturated carbocycles. The minimum absolute atomic E-state index is 0.0696. The SMILES string of the molecule is CCC(C(=O)Nc1ncnc2c(-c3nc(Nc4cccc(S(C)(=O)=O)c4F)ncc3C)c[nH]c12)N1CCN(C)CC1. The number of benzene rings is 1. The minimum Gasteiger partial charge on any atom is -0.356 e. The lowest BCUT2D eigenvalue weighted by atomic mass is 10.1. The van der Waals surface area contributed by atoms with Gasteiger partial charge in [-0.1, -0.05) is 13.0 Å². The summed E-state index contributed by atoms with van der Waals surface area (Å²) in [6.45, 7) is 7.28. The van der Waals surface area contributed by atoms with E-state index in [2.05, 4.69) is 52.4 Å². The summed E-state index contributed by atoms with van der Waals surface area (Å²) in [6, 6.07) is 3.78. The number of aromatic amines is 1. The van der Waals surface area contributed by atoms with Crippen LogP contribution in [0.25, 0.3) is 22.3 Å². The predicted molar refractivity (Wildman–Crippen MR) is 154 cm³/mol. The number of fused-ring (bicyclic) bond motifs is 1. The number of sulfone groups is 1. The normalized spacial score (nSPS) is 15.6. The number of likely N-dealkylation sites (N-methyl/N-ethyl adjacent to an activating group) is 1. The highest BCUT2D eigenvalue weighted by Gasteiger charge is 2.28. The van der Waals surface area contributed by atoms with Gasteiger partial charge < -0.3 is 20.5 Å². The fourth-order valence-electron chi connectivity index (χ4n) is 4.95. The first-order valence-corrected chi connectivity index (χ1v) is 15.1. The van der Waals surface area contributed by atoms with Crippen LogP contribution in [0, 0.1) is 12.7 Å². The fraction of sp³-hybridized carbons (Fsp3) is 0.370. The van der Waals surface area contributed by atoms with Crippen molar-refractivity contribution in [2.24, 2.45) is 0 Å². The maximum Gasteiger partial charge on any atom is 0.242 e. The molecular formula is C27H32FN9O3S. The van der Waals surface area contributed by atoms with Gasteiger partial charge in [0.05, 0.1) is 17.4 Å². The molecule has 1 unspecified atom stereocenters. The van der Waals surface area contributed by atoms with Crippen LogP contribution in [0.4, 0.5) is 21.8 Å². The molecule has 1 aromatic carbocycles. The lowest BCUT2D eigenvalue weighted by Crippen LogP contribution is -2.52. The summed E-state index contributed by atoms with van der Waals surface area (Å²) >= 11 is 0. The van der Waals surface area contributed by atoms with E-state index in [1.807, 2.05) is 13.8 Å². The van der Waals surface area contributed by atoms with E-state index in [0.717, 1.165) is 38.0 Å². The van der Waals surface area contributed by atoms with Crippen LogP contribution >= 0.6 is 0 Å². The molecule has 4 heterocycles. The molecule has 1 atom stereocenters. The number of hydrogen-bond donors (Lipinski definition) is 3. The quantitative estimate of drug-likeness (QED) is 0.283. The van der Waals surface area contributed by atoms with Gasteiger partial charge in [-0.3, -0.25) is 9.69 Å². The topological polar surface area (TPSA) is 149 Å². The van der Waals surface area contributed by atoms with Crippen molar-refractivity contribution in [1.82, 2.24) is 34.7 Å². The summed E-state index contributed by atoms with van der Waals surface area (Å²) < 4.78 is 38.8. The zero-order valence-corrected chi connectivity index (χ0v) is 24.1. The largest absolute Gasteiger partial charge is 0.356 e. The zero-order valence-electron chi connectivity index (χ0n) is 23.3. The van der Waals surface area contributed by atoms with E-state index in [0.29, 0.717) is 34.5 Å². The van der Waals surface area contributed by atoms with E-state index < -0.39 is 20.5 Å². The highest BCUT2D eigenvalue weighted by molar-refractivity contribution is 7.90. The van der Waals surface area contributed by atoms with E-state index in [4.69, 9.17) is 0 Å². The number of carbonyl (C=O) groups excluding carboxylic acids is 1. The lowest BCUT2D eigenvalue weighted by Gasteiger charge is -2.36. The molecule has 0 radical (unpaired) electrons. The van der Waals surface area contributed by atoms with E-state index in [9.17, 15) is 17.6 Å². The molecule has 0 bridgehead atoms. The van der Waals surface area contributed by atoms with Crippen molar-refractivity contribution in [1.29, 1.82) is 0 Å². The third kappa shape index (κ3) is 5.89. The number of aryl methyl sites for hydroxylation is 1. The Morgan fingerprint density at radius 3 is 2.63 bits per heavy atom. The number of halogens is 1. The second kappa shape index (κ2) is 11.5. The van der Waals surface area contributed by atoms with Crippen LogP contribution < -0.4 is 10.6 Å². The summed E-state index contributed by atoms with van der Waals surface area (Å²) in [6.07, 6.45) is 6.29. The van der Waals surface area contributed by atoms with Crippen molar-refractivity contribution in [2.45, 2.75) is 31.2 Å². The molecule has 3 N–H and O–H groups in total. The van der Waals surface area contributed by atoms with Crippen LogP contribution in [-0.4, -0.2) is 94.6 Å². The number of amides is 1. The third-order valence-corrected chi connectivity index (χ3v) is 8.32. The smallest absolute Gasteiger partial charge is 0.242 e. The van der Waals surface area contributed by atoms with Crippen molar-refractivity contribution in [3.8, 4) is 11.3 Å². The number of hydrogen-bond acceptors (Lipinski definition) is 10. The van der Waals surface area contributed by atoms with E-state index in [-0.39, 0.29) is 23.6 Å².